The van der Waals surface area contributed by atoms with Crippen molar-refractivity contribution in [3.05, 3.63) is 29.3 Å². The number of hydrogen-bond donors (Lipinski definition) is 2. The third-order valence-electron chi connectivity index (χ3n) is 5.50. The number of ether oxygens (including phenoxy) is 1. The van der Waals surface area contributed by atoms with Crippen molar-refractivity contribution in [1.82, 2.24) is 5.32 Å². The number of nitrogens with one attached hydrogen (secondary N) is 2. The van der Waals surface area contributed by atoms with E-state index in [-0.39, 0.29) is 24.3 Å². The van der Waals surface area contributed by atoms with E-state index in [1.54, 1.807) is 19.2 Å². The van der Waals surface area contributed by atoms with Crippen LogP contribution >= 0.6 is 0 Å². The van der Waals surface area contributed by atoms with E-state index in [0.717, 1.165) is 31.5 Å². The first-order chi connectivity index (χ1) is 12.9. The number of aryl methyl sites for hydroxylation is 1. The van der Waals surface area contributed by atoms with Gasteiger partial charge in [0.1, 0.15) is 0 Å². The van der Waals surface area contributed by atoms with E-state index < -0.39 is 5.97 Å². The summed E-state index contributed by atoms with van der Waals surface area (Å²) in [4.78, 5) is 36.9. The Hall–Kier alpha value is -2.41. The predicted molar refractivity (Wildman–Crippen MR) is 103 cm³/mol. The summed E-state index contributed by atoms with van der Waals surface area (Å²) < 4.78 is 5.39. The Kier molecular flexibility index (Phi) is 6.96. The van der Waals surface area contributed by atoms with E-state index in [1.165, 1.54) is 7.11 Å². The number of quaternary nitrogens is 1. The summed E-state index contributed by atoms with van der Waals surface area (Å²) in [5.74, 6) is -0.668. The van der Waals surface area contributed by atoms with Crippen LogP contribution in [0.2, 0.25) is 0 Å². The molecule has 0 aliphatic carbocycles. The molecule has 2 rings (SSSR count). The molecule has 1 aromatic rings. The minimum absolute atomic E-state index is 0.0398. The fraction of sp³-hybridized carbons (Fsp3) is 0.550. The van der Waals surface area contributed by atoms with Gasteiger partial charge in [0.25, 0.3) is 5.91 Å². The smallest absolute Gasteiger partial charge is 0.339 e. The van der Waals surface area contributed by atoms with Gasteiger partial charge in [-0.25, -0.2) is 4.79 Å². The predicted octanol–water partition coefficient (Wildman–Crippen LogP) is 1.71. The lowest BCUT2D eigenvalue weighted by Crippen LogP contribution is -2.59. The normalized spacial score (nSPS) is 22.0. The molecule has 1 aromatic carbocycles. The molecule has 0 spiro atoms. The van der Waals surface area contributed by atoms with Crippen LogP contribution in [0.25, 0.3) is 0 Å². The van der Waals surface area contributed by atoms with Crippen LogP contribution in [0.4, 0.5) is 5.69 Å². The molecule has 27 heavy (non-hydrogen) atoms. The Bertz CT molecular complexity index is 719. The van der Waals surface area contributed by atoms with E-state index in [2.05, 4.69) is 10.6 Å². The second-order valence-corrected chi connectivity index (χ2v) is 7.21. The van der Waals surface area contributed by atoms with Crippen molar-refractivity contribution in [2.24, 2.45) is 5.92 Å². The van der Waals surface area contributed by atoms with Crippen LogP contribution < -0.4 is 10.6 Å². The molecule has 1 fully saturated rings. The number of piperidine rings is 1. The Labute approximate surface area is 160 Å². The number of esters is 1. The number of likely N-dealkylation sites (N-methyl/N-ethyl adjacent to an activating group) is 1. The van der Waals surface area contributed by atoms with Gasteiger partial charge in [0.2, 0.25) is 5.91 Å². The highest BCUT2D eigenvalue weighted by atomic mass is 16.5. The SMILES string of the molecule is CC[N+]1(CC(=O)Nc2c(C)cccc2C(=O)OC)CCCC(C(=O)NC)C1. The maximum Gasteiger partial charge on any atom is 0.339 e. The maximum absolute atomic E-state index is 12.8. The van der Waals surface area contributed by atoms with Crippen LogP contribution in [0.5, 0.6) is 0 Å². The second-order valence-electron chi connectivity index (χ2n) is 7.21. The van der Waals surface area contributed by atoms with Gasteiger partial charge in [-0.05, 0) is 38.3 Å². The van der Waals surface area contributed by atoms with Crippen LogP contribution in [0.3, 0.4) is 0 Å². The summed E-state index contributed by atoms with van der Waals surface area (Å²) in [7, 11) is 2.97. The van der Waals surface area contributed by atoms with E-state index in [0.29, 0.717) is 22.3 Å². The summed E-state index contributed by atoms with van der Waals surface area (Å²) in [5.41, 5.74) is 1.63. The van der Waals surface area contributed by atoms with Gasteiger partial charge in [-0.2, -0.15) is 0 Å². The highest BCUT2D eigenvalue weighted by Crippen LogP contribution is 2.25. The van der Waals surface area contributed by atoms with Crippen molar-refractivity contribution >= 4 is 23.5 Å². The quantitative estimate of drug-likeness (QED) is 0.585. The van der Waals surface area contributed by atoms with Gasteiger partial charge in [0.05, 0.1) is 43.9 Å². The average Bonchev–Trinajstić information content (AvgIpc) is 2.68. The zero-order valence-corrected chi connectivity index (χ0v) is 16.6. The van der Waals surface area contributed by atoms with E-state index in [1.807, 2.05) is 19.9 Å². The topological polar surface area (TPSA) is 84.5 Å². The standard InChI is InChI=1S/C20H29N3O4/c1-5-23(11-7-9-15(12-23)19(25)21-3)13-17(24)22-18-14(2)8-6-10-16(18)20(26)27-4/h6,8,10,15H,5,7,9,11-13H2,1-4H3,(H-,21,22,24,25,26)/p+1. The number of likely N-dealkylation sites (tertiary alicyclic amines) is 1. The number of hydrogen-bond acceptors (Lipinski definition) is 4. The lowest BCUT2D eigenvalue weighted by atomic mass is 9.94. The number of benzene rings is 1. The molecule has 148 valence electrons. The summed E-state index contributed by atoms with van der Waals surface area (Å²) in [6, 6.07) is 5.24. The molecule has 7 heteroatoms. The van der Waals surface area contributed by atoms with Gasteiger partial charge in [-0.1, -0.05) is 12.1 Å². The Morgan fingerprint density at radius 2 is 2.04 bits per heavy atom. The van der Waals surface area contributed by atoms with Crippen LogP contribution in [0.1, 0.15) is 35.7 Å². The number of para-hydroxylation sites is 1. The van der Waals surface area contributed by atoms with E-state index in [9.17, 15) is 14.4 Å². The largest absolute Gasteiger partial charge is 0.465 e. The number of carbonyl (C=O) groups is 3. The minimum atomic E-state index is -0.481. The van der Waals surface area contributed by atoms with Crippen LogP contribution in [-0.4, -0.2) is 62.6 Å². The average molecular weight is 376 g/mol. The molecule has 0 saturated carbocycles. The summed E-state index contributed by atoms with van der Waals surface area (Å²) in [6.07, 6.45) is 1.77. The lowest BCUT2D eigenvalue weighted by molar-refractivity contribution is -0.925. The molecule has 0 radical (unpaired) electrons. The van der Waals surface area contributed by atoms with Gasteiger partial charge in [0.15, 0.2) is 6.54 Å². The Morgan fingerprint density at radius 3 is 2.67 bits per heavy atom. The number of amides is 2. The minimum Gasteiger partial charge on any atom is -0.465 e. The van der Waals surface area contributed by atoms with Gasteiger partial charge < -0.3 is 19.9 Å². The number of anilines is 1. The maximum atomic E-state index is 12.8. The van der Waals surface area contributed by atoms with Gasteiger partial charge >= 0.3 is 5.97 Å². The number of nitrogens with zero attached hydrogens (tertiary/aromatic N) is 1. The number of methoxy groups -OCH3 is 1. The second kappa shape index (κ2) is 8.99. The van der Waals surface area contributed by atoms with Gasteiger partial charge in [-0.3, -0.25) is 9.59 Å². The molecule has 2 atom stereocenters. The van der Waals surface area contributed by atoms with Crippen LogP contribution in [0.15, 0.2) is 18.2 Å². The summed E-state index contributed by atoms with van der Waals surface area (Å²) >= 11 is 0. The molecule has 0 aromatic heterocycles. The number of rotatable bonds is 6. The molecule has 7 nitrogen and oxygen atoms in total. The first kappa shape index (κ1) is 20.9. The van der Waals surface area contributed by atoms with Crippen LogP contribution in [-0.2, 0) is 14.3 Å². The highest BCUT2D eigenvalue weighted by molar-refractivity contribution is 6.02. The molecular formula is C20H30N3O4+. The first-order valence-electron chi connectivity index (χ1n) is 9.40. The molecule has 1 aliphatic rings. The Morgan fingerprint density at radius 1 is 1.30 bits per heavy atom. The molecular weight excluding hydrogens is 346 g/mol. The fourth-order valence-electron chi connectivity index (χ4n) is 3.88. The third-order valence-corrected chi connectivity index (χ3v) is 5.50. The lowest BCUT2D eigenvalue weighted by Gasteiger charge is -2.42. The summed E-state index contributed by atoms with van der Waals surface area (Å²) in [6.45, 7) is 6.47. The fourth-order valence-corrected chi connectivity index (χ4v) is 3.88. The van der Waals surface area contributed by atoms with Crippen molar-refractivity contribution in [3.8, 4) is 0 Å². The van der Waals surface area contributed by atoms with Crippen molar-refractivity contribution in [2.75, 3.05) is 45.7 Å². The monoisotopic (exact) mass is 376 g/mol. The highest BCUT2D eigenvalue weighted by Gasteiger charge is 2.38. The first-order valence-corrected chi connectivity index (χ1v) is 9.40. The van der Waals surface area contributed by atoms with Crippen molar-refractivity contribution in [1.29, 1.82) is 0 Å². The van der Waals surface area contributed by atoms with Crippen molar-refractivity contribution in [2.45, 2.75) is 26.7 Å². The van der Waals surface area contributed by atoms with Crippen molar-refractivity contribution < 1.29 is 23.6 Å². The zero-order chi connectivity index (χ0) is 20.0. The molecule has 1 heterocycles. The van der Waals surface area contributed by atoms with Gasteiger partial charge in [-0.15, -0.1) is 0 Å². The molecule has 2 amide bonds. The van der Waals surface area contributed by atoms with Crippen molar-refractivity contribution in [3.63, 3.8) is 0 Å². The zero-order valence-electron chi connectivity index (χ0n) is 16.6. The van der Waals surface area contributed by atoms with E-state index in [4.69, 9.17) is 4.74 Å². The molecule has 1 saturated heterocycles. The van der Waals surface area contributed by atoms with Gasteiger partial charge in [0, 0.05) is 7.05 Å². The summed E-state index contributed by atoms with van der Waals surface area (Å²) in [5, 5.41) is 5.63. The van der Waals surface area contributed by atoms with E-state index >= 15 is 0 Å². The molecule has 2 unspecified atom stereocenters. The van der Waals surface area contributed by atoms with Crippen LogP contribution in [0, 0.1) is 12.8 Å². The Balaban J connectivity index is 2.17. The number of carbonyl (C=O) groups excluding carboxylic acids is 3. The molecule has 0 bridgehead atoms. The molecule has 1 aliphatic heterocycles. The molecule has 2 N–H and O–H groups in total. The third kappa shape index (κ3) is 4.86.